The third-order valence-electron chi connectivity index (χ3n) is 3.53. The number of carbonyl (C=O) groups excluding carboxylic acids is 2. The number of nitrogens with one attached hydrogen (secondary N) is 2. The fourth-order valence-electron chi connectivity index (χ4n) is 2.42. The molecule has 1 unspecified atom stereocenters. The van der Waals surface area contributed by atoms with Gasteiger partial charge in [0.2, 0.25) is 5.91 Å². The van der Waals surface area contributed by atoms with Gasteiger partial charge in [0.15, 0.2) is 0 Å². The quantitative estimate of drug-likeness (QED) is 0.358. The van der Waals surface area contributed by atoms with Crippen LogP contribution in [0, 0.1) is 0 Å². The summed E-state index contributed by atoms with van der Waals surface area (Å²) in [4.78, 5) is 24.7. The molecule has 0 aromatic rings. The second-order valence-electron chi connectivity index (χ2n) is 5.28. The molecule has 1 aliphatic rings. The lowest BCUT2D eigenvalue weighted by Crippen LogP contribution is -2.44. The smallest absolute Gasteiger partial charge is 0.305 e. The predicted molar refractivity (Wildman–Crippen MR) is 78.8 cm³/mol. The molecule has 0 spiro atoms. The van der Waals surface area contributed by atoms with E-state index in [0.29, 0.717) is 32.0 Å². The van der Waals surface area contributed by atoms with Crippen molar-refractivity contribution in [2.75, 3.05) is 46.4 Å². The molecule has 0 saturated carbocycles. The molecular formula is C14H27N3O4. The highest BCUT2D eigenvalue weighted by atomic mass is 16.5. The molecule has 1 atom stereocenters. The number of carbonyl (C=O) groups is 2. The van der Waals surface area contributed by atoms with Crippen LogP contribution in [0.5, 0.6) is 0 Å². The molecule has 122 valence electrons. The van der Waals surface area contributed by atoms with Crippen molar-refractivity contribution in [1.82, 2.24) is 15.5 Å². The van der Waals surface area contributed by atoms with E-state index in [1.54, 1.807) is 0 Å². The third kappa shape index (κ3) is 7.99. The van der Waals surface area contributed by atoms with Crippen molar-refractivity contribution in [3.63, 3.8) is 0 Å². The Balaban J connectivity index is 2.19. The van der Waals surface area contributed by atoms with Crippen LogP contribution in [0.2, 0.25) is 0 Å². The van der Waals surface area contributed by atoms with Gasteiger partial charge in [0.1, 0.15) is 0 Å². The summed E-state index contributed by atoms with van der Waals surface area (Å²) in [5.41, 5.74) is 0. The Labute approximate surface area is 126 Å². The zero-order valence-electron chi connectivity index (χ0n) is 12.8. The lowest BCUT2D eigenvalue weighted by Gasteiger charge is -2.24. The first kappa shape index (κ1) is 17.9. The van der Waals surface area contributed by atoms with E-state index in [1.807, 2.05) is 4.90 Å². The van der Waals surface area contributed by atoms with Crippen molar-refractivity contribution in [3.05, 3.63) is 0 Å². The van der Waals surface area contributed by atoms with Crippen molar-refractivity contribution in [3.8, 4) is 0 Å². The number of nitrogens with zero attached hydrogens (tertiary/aromatic N) is 1. The Hall–Kier alpha value is -1.18. The minimum Gasteiger partial charge on any atom is -0.469 e. The van der Waals surface area contributed by atoms with Crippen LogP contribution in [-0.2, 0) is 14.3 Å². The highest BCUT2D eigenvalue weighted by Gasteiger charge is 2.19. The largest absolute Gasteiger partial charge is 0.469 e. The number of amides is 1. The highest BCUT2D eigenvalue weighted by molar-refractivity contribution is 5.78. The van der Waals surface area contributed by atoms with E-state index in [4.69, 9.17) is 5.11 Å². The Morgan fingerprint density at radius 3 is 2.90 bits per heavy atom. The average Bonchev–Trinajstić information content (AvgIpc) is 2.96. The van der Waals surface area contributed by atoms with Gasteiger partial charge in [0, 0.05) is 32.1 Å². The van der Waals surface area contributed by atoms with Gasteiger partial charge in [0.25, 0.3) is 0 Å². The molecule has 1 heterocycles. The van der Waals surface area contributed by atoms with E-state index in [9.17, 15) is 9.59 Å². The average molecular weight is 301 g/mol. The molecule has 1 saturated heterocycles. The van der Waals surface area contributed by atoms with Crippen LogP contribution in [0.15, 0.2) is 0 Å². The molecule has 1 rings (SSSR count). The van der Waals surface area contributed by atoms with Crippen LogP contribution in [0.4, 0.5) is 0 Å². The zero-order chi connectivity index (χ0) is 15.5. The van der Waals surface area contributed by atoms with Crippen LogP contribution >= 0.6 is 0 Å². The van der Waals surface area contributed by atoms with Crippen LogP contribution < -0.4 is 10.6 Å². The van der Waals surface area contributed by atoms with E-state index < -0.39 is 0 Å². The molecule has 0 aliphatic carbocycles. The van der Waals surface area contributed by atoms with Crippen molar-refractivity contribution < 1.29 is 19.4 Å². The first-order chi connectivity index (χ1) is 10.2. The second kappa shape index (κ2) is 10.5. The number of hydrogen-bond donors (Lipinski definition) is 3. The fraction of sp³-hybridized carbons (Fsp3) is 0.857. The number of ether oxygens (including phenoxy) is 1. The van der Waals surface area contributed by atoms with Gasteiger partial charge in [-0.05, 0) is 25.8 Å². The van der Waals surface area contributed by atoms with E-state index >= 15 is 0 Å². The van der Waals surface area contributed by atoms with Gasteiger partial charge in [-0.15, -0.1) is 0 Å². The van der Waals surface area contributed by atoms with Gasteiger partial charge in [-0.3, -0.25) is 14.5 Å². The van der Waals surface area contributed by atoms with E-state index in [1.165, 1.54) is 7.11 Å². The van der Waals surface area contributed by atoms with Crippen molar-refractivity contribution in [2.45, 2.75) is 31.7 Å². The molecule has 0 bridgehead atoms. The number of methoxy groups -OCH3 is 1. The van der Waals surface area contributed by atoms with E-state index in [0.717, 1.165) is 25.9 Å². The molecule has 7 heteroatoms. The first-order valence-corrected chi connectivity index (χ1v) is 7.55. The number of hydrogen-bond acceptors (Lipinski definition) is 6. The van der Waals surface area contributed by atoms with Crippen LogP contribution in [0.3, 0.4) is 0 Å². The third-order valence-corrected chi connectivity index (χ3v) is 3.53. The predicted octanol–water partition coefficient (Wildman–Crippen LogP) is -0.898. The summed E-state index contributed by atoms with van der Waals surface area (Å²) in [5, 5.41) is 15.2. The summed E-state index contributed by atoms with van der Waals surface area (Å²) in [7, 11) is 1.35. The van der Waals surface area contributed by atoms with Crippen molar-refractivity contribution in [1.29, 1.82) is 0 Å². The van der Waals surface area contributed by atoms with E-state index in [-0.39, 0.29) is 25.0 Å². The molecule has 1 amide bonds. The van der Waals surface area contributed by atoms with Crippen LogP contribution in [0.1, 0.15) is 25.7 Å². The molecule has 0 radical (unpaired) electrons. The molecule has 0 aromatic heterocycles. The van der Waals surface area contributed by atoms with Gasteiger partial charge >= 0.3 is 5.97 Å². The molecule has 0 aromatic carbocycles. The lowest BCUT2D eigenvalue weighted by atomic mass is 10.2. The molecule has 3 N–H and O–H groups in total. The molecule has 1 aliphatic heterocycles. The summed E-state index contributed by atoms with van der Waals surface area (Å²) < 4.78 is 4.53. The van der Waals surface area contributed by atoms with Gasteiger partial charge in [-0.1, -0.05) is 0 Å². The Kier molecular flexibility index (Phi) is 8.96. The number of aliphatic hydroxyl groups excluding tert-OH is 1. The second-order valence-corrected chi connectivity index (χ2v) is 5.28. The number of esters is 1. The van der Waals surface area contributed by atoms with E-state index in [2.05, 4.69) is 15.4 Å². The van der Waals surface area contributed by atoms with Crippen molar-refractivity contribution in [2.24, 2.45) is 0 Å². The van der Waals surface area contributed by atoms with Crippen LogP contribution in [0.25, 0.3) is 0 Å². The zero-order valence-corrected chi connectivity index (χ0v) is 12.8. The topological polar surface area (TPSA) is 90.9 Å². The molecule has 1 fully saturated rings. The number of rotatable bonds is 10. The van der Waals surface area contributed by atoms with Gasteiger partial charge in [0.05, 0.1) is 20.3 Å². The summed E-state index contributed by atoms with van der Waals surface area (Å²) in [6, 6.07) is 0.406. The molecule has 7 nitrogen and oxygen atoms in total. The van der Waals surface area contributed by atoms with Crippen LogP contribution in [-0.4, -0.2) is 74.4 Å². The summed E-state index contributed by atoms with van der Waals surface area (Å²) in [6.07, 6.45) is 3.16. The minimum atomic E-state index is -0.265. The maximum atomic E-state index is 11.8. The number of aliphatic hydroxyl groups is 1. The monoisotopic (exact) mass is 301 g/mol. The Morgan fingerprint density at radius 1 is 1.48 bits per heavy atom. The van der Waals surface area contributed by atoms with Gasteiger partial charge < -0.3 is 20.5 Å². The fourth-order valence-corrected chi connectivity index (χ4v) is 2.42. The standard InChI is InChI=1S/C14H27N3O4/c1-21-14(20)5-3-7-16-13(19)11-17(8-9-18)10-12-4-2-6-15-12/h12,15,18H,2-11H2,1H3,(H,16,19). The summed E-state index contributed by atoms with van der Waals surface area (Å²) in [6.45, 7) is 3.07. The highest BCUT2D eigenvalue weighted by Crippen LogP contribution is 2.06. The first-order valence-electron chi connectivity index (χ1n) is 7.55. The summed E-state index contributed by atoms with van der Waals surface area (Å²) >= 11 is 0. The van der Waals surface area contributed by atoms with Crippen molar-refractivity contribution >= 4 is 11.9 Å². The molecular weight excluding hydrogens is 274 g/mol. The molecule has 21 heavy (non-hydrogen) atoms. The maximum absolute atomic E-state index is 11.8. The lowest BCUT2D eigenvalue weighted by molar-refractivity contribution is -0.140. The normalized spacial score (nSPS) is 18.0. The maximum Gasteiger partial charge on any atom is 0.305 e. The summed E-state index contributed by atoms with van der Waals surface area (Å²) in [5.74, 6) is -0.343. The SMILES string of the molecule is COC(=O)CCCNC(=O)CN(CCO)CC1CCCN1. The minimum absolute atomic E-state index is 0.0440. The van der Waals surface area contributed by atoms with Gasteiger partial charge in [-0.25, -0.2) is 0 Å². The van der Waals surface area contributed by atoms with Gasteiger partial charge in [-0.2, -0.15) is 0 Å². The Morgan fingerprint density at radius 2 is 2.29 bits per heavy atom. The Bertz CT molecular complexity index is 319.